The Kier molecular flexibility index (Phi) is 5.75. The molecule has 1 saturated heterocycles. The van der Waals surface area contributed by atoms with Crippen LogP contribution in [0.5, 0.6) is 0 Å². The van der Waals surface area contributed by atoms with Crippen molar-refractivity contribution < 1.29 is 9.59 Å². The van der Waals surface area contributed by atoms with Crippen molar-refractivity contribution in [1.82, 2.24) is 10.6 Å². The van der Waals surface area contributed by atoms with Crippen LogP contribution in [0.2, 0.25) is 0 Å². The van der Waals surface area contributed by atoms with E-state index in [2.05, 4.69) is 16.0 Å². The van der Waals surface area contributed by atoms with Crippen LogP contribution in [0, 0.1) is 0 Å². The maximum atomic E-state index is 11.8. The lowest BCUT2D eigenvalue weighted by molar-refractivity contribution is -0.121. The second kappa shape index (κ2) is 7.78. The Balaban J connectivity index is 1.69. The summed E-state index contributed by atoms with van der Waals surface area (Å²) >= 11 is 0. The number of amides is 2. The first kappa shape index (κ1) is 15.5. The van der Waals surface area contributed by atoms with Crippen molar-refractivity contribution >= 4 is 17.5 Å². The Morgan fingerprint density at radius 3 is 2.67 bits per heavy atom. The van der Waals surface area contributed by atoms with Crippen LogP contribution in [0.3, 0.4) is 0 Å². The molecule has 114 valence electrons. The lowest BCUT2D eigenvalue weighted by Crippen LogP contribution is -2.27. The molecule has 2 rings (SSSR count). The lowest BCUT2D eigenvalue weighted by Gasteiger charge is -2.10. The van der Waals surface area contributed by atoms with E-state index in [-0.39, 0.29) is 11.8 Å². The molecule has 0 aromatic heterocycles. The molecule has 0 spiro atoms. The van der Waals surface area contributed by atoms with Crippen molar-refractivity contribution in [2.24, 2.45) is 0 Å². The van der Waals surface area contributed by atoms with Gasteiger partial charge in [-0.25, -0.2) is 0 Å². The quantitative estimate of drug-likeness (QED) is 0.748. The molecule has 2 amide bonds. The minimum atomic E-state index is -0.0865. The molecule has 0 saturated carbocycles. The first-order valence-electron chi connectivity index (χ1n) is 7.50. The van der Waals surface area contributed by atoms with Gasteiger partial charge in [0.05, 0.1) is 0 Å². The molecular formula is C16H23N3O2. The third-order valence-corrected chi connectivity index (χ3v) is 3.65. The molecule has 1 heterocycles. The predicted octanol–water partition coefficient (Wildman–Crippen LogP) is 1.79. The Morgan fingerprint density at radius 2 is 2.05 bits per heavy atom. The van der Waals surface area contributed by atoms with E-state index < -0.39 is 0 Å². The van der Waals surface area contributed by atoms with Crippen LogP contribution in [0.1, 0.15) is 38.2 Å². The van der Waals surface area contributed by atoms with E-state index in [1.54, 1.807) is 0 Å². The molecule has 1 aliphatic heterocycles. The van der Waals surface area contributed by atoms with Gasteiger partial charge in [-0.2, -0.15) is 0 Å². The summed E-state index contributed by atoms with van der Waals surface area (Å²) in [5, 5.41) is 9.04. The molecule has 1 atom stereocenters. The summed E-state index contributed by atoms with van der Waals surface area (Å²) in [7, 11) is 0. The summed E-state index contributed by atoms with van der Waals surface area (Å²) in [4.78, 5) is 22.7. The van der Waals surface area contributed by atoms with E-state index in [1.165, 1.54) is 19.8 Å². The number of hydrogen-bond donors (Lipinski definition) is 3. The van der Waals surface area contributed by atoms with Gasteiger partial charge in [0.2, 0.25) is 11.8 Å². The minimum Gasteiger partial charge on any atom is -0.352 e. The SMILES string of the molecule is CC(=O)Nc1ccc(CNC(=O)CCC2CCCN2)cc1. The van der Waals surface area contributed by atoms with Crippen molar-refractivity contribution in [3.63, 3.8) is 0 Å². The fourth-order valence-electron chi connectivity index (χ4n) is 2.51. The third kappa shape index (κ3) is 5.55. The number of hydrogen-bond acceptors (Lipinski definition) is 3. The van der Waals surface area contributed by atoms with Gasteiger partial charge in [0.1, 0.15) is 0 Å². The van der Waals surface area contributed by atoms with Crippen molar-refractivity contribution in [3.05, 3.63) is 29.8 Å². The fraction of sp³-hybridized carbons (Fsp3) is 0.500. The molecule has 0 radical (unpaired) electrons. The third-order valence-electron chi connectivity index (χ3n) is 3.65. The van der Waals surface area contributed by atoms with Crippen molar-refractivity contribution in [2.75, 3.05) is 11.9 Å². The minimum absolute atomic E-state index is 0.0865. The maximum absolute atomic E-state index is 11.8. The van der Waals surface area contributed by atoms with E-state index in [0.717, 1.165) is 24.2 Å². The summed E-state index contributed by atoms with van der Waals surface area (Å²) in [6.45, 7) is 3.08. The zero-order valence-electron chi connectivity index (χ0n) is 12.4. The van der Waals surface area contributed by atoms with E-state index in [1.807, 2.05) is 24.3 Å². The molecule has 1 aliphatic rings. The standard InChI is InChI=1S/C16H23N3O2/c1-12(20)19-15-6-4-13(5-7-15)11-18-16(21)9-8-14-3-2-10-17-14/h4-7,14,17H,2-3,8-11H2,1H3,(H,18,21)(H,19,20). The molecular weight excluding hydrogens is 266 g/mol. The Labute approximate surface area is 125 Å². The zero-order valence-corrected chi connectivity index (χ0v) is 12.4. The van der Waals surface area contributed by atoms with E-state index in [0.29, 0.717) is 19.0 Å². The summed E-state index contributed by atoms with van der Waals surface area (Å²) in [6, 6.07) is 8.00. The Morgan fingerprint density at radius 1 is 1.29 bits per heavy atom. The highest BCUT2D eigenvalue weighted by Crippen LogP contribution is 2.11. The van der Waals surface area contributed by atoms with Crippen LogP contribution >= 0.6 is 0 Å². The topological polar surface area (TPSA) is 70.2 Å². The van der Waals surface area contributed by atoms with Crippen molar-refractivity contribution in [3.8, 4) is 0 Å². The predicted molar refractivity (Wildman–Crippen MR) is 82.9 cm³/mol. The molecule has 5 nitrogen and oxygen atoms in total. The smallest absolute Gasteiger partial charge is 0.221 e. The molecule has 1 aromatic carbocycles. The molecule has 0 aliphatic carbocycles. The molecule has 1 aromatic rings. The van der Waals surface area contributed by atoms with Crippen LogP contribution in [-0.2, 0) is 16.1 Å². The van der Waals surface area contributed by atoms with E-state index >= 15 is 0 Å². The molecule has 1 unspecified atom stereocenters. The van der Waals surface area contributed by atoms with E-state index in [9.17, 15) is 9.59 Å². The van der Waals surface area contributed by atoms with Crippen LogP contribution in [0.4, 0.5) is 5.69 Å². The second-order valence-corrected chi connectivity index (χ2v) is 5.49. The van der Waals surface area contributed by atoms with Gasteiger partial charge in [-0.3, -0.25) is 9.59 Å². The summed E-state index contributed by atoms with van der Waals surface area (Å²) in [5.74, 6) is 0.00575. The van der Waals surface area contributed by atoms with Gasteiger partial charge in [0, 0.05) is 31.6 Å². The molecule has 5 heteroatoms. The van der Waals surface area contributed by atoms with Gasteiger partial charge in [-0.15, -0.1) is 0 Å². The number of rotatable bonds is 6. The van der Waals surface area contributed by atoms with Crippen LogP contribution in [0.25, 0.3) is 0 Å². The van der Waals surface area contributed by atoms with Crippen LogP contribution < -0.4 is 16.0 Å². The number of carbonyl (C=O) groups is 2. The van der Waals surface area contributed by atoms with Gasteiger partial charge in [0.15, 0.2) is 0 Å². The highest BCUT2D eigenvalue weighted by molar-refractivity contribution is 5.88. The number of benzene rings is 1. The Hall–Kier alpha value is -1.88. The highest BCUT2D eigenvalue weighted by atomic mass is 16.2. The fourth-order valence-corrected chi connectivity index (χ4v) is 2.51. The highest BCUT2D eigenvalue weighted by Gasteiger charge is 2.14. The summed E-state index contributed by atoms with van der Waals surface area (Å²) in [6.07, 6.45) is 3.87. The largest absolute Gasteiger partial charge is 0.352 e. The van der Waals surface area contributed by atoms with Crippen molar-refractivity contribution in [2.45, 2.75) is 45.2 Å². The molecule has 0 bridgehead atoms. The van der Waals surface area contributed by atoms with Gasteiger partial charge in [0.25, 0.3) is 0 Å². The van der Waals surface area contributed by atoms with Crippen LogP contribution in [0.15, 0.2) is 24.3 Å². The van der Waals surface area contributed by atoms with Crippen LogP contribution in [-0.4, -0.2) is 24.4 Å². The summed E-state index contributed by atoms with van der Waals surface area (Å²) < 4.78 is 0. The normalized spacial score (nSPS) is 17.5. The molecule has 21 heavy (non-hydrogen) atoms. The average Bonchev–Trinajstić information content (AvgIpc) is 2.97. The monoisotopic (exact) mass is 289 g/mol. The van der Waals surface area contributed by atoms with Gasteiger partial charge >= 0.3 is 0 Å². The Bertz CT molecular complexity index is 479. The molecule has 1 fully saturated rings. The summed E-state index contributed by atoms with van der Waals surface area (Å²) in [5.41, 5.74) is 1.79. The molecule has 3 N–H and O–H groups in total. The lowest BCUT2D eigenvalue weighted by atomic mass is 10.1. The maximum Gasteiger partial charge on any atom is 0.221 e. The van der Waals surface area contributed by atoms with Gasteiger partial charge < -0.3 is 16.0 Å². The van der Waals surface area contributed by atoms with Gasteiger partial charge in [-0.1, -0.05) is 12.1 Å². The first-order valence-corrected chi connectivity index (χ1v) is 7.50. The number of anilines is 1. The van der Waals surface area contributed by atoms with Crippen molar-refractivity contribution in [1.29, 1.82) is 0 Å². The van der Waals surface area contributed by atoms with E-state index in [4.69, 9.17) is 0 Å². The van der Waals surface area contributed by atoms with Gasteiger partial charge in [-0.05, 0) is 43.5 Å². The second-order valence-electron chi connectivity index (χ2n) is 5.49. The number of carbonyl (C=O) groups excluding carboxylic acids is 2. The zero-order chi connectivity index (χ0) is 15.1. The first-order chi connectivity index (χ1) is 10.1. The number of nitrogens with one attached hydrogen (secondary N) is 3. The average molecular weight is 289 g/mol.